The van der Waals surface area contributed by atoms with Gasteiger partial charge in [0.25, 0.3) is 11.6 Å². The van der Waals surface area contributed by atoms with Gasteiger partial charge in [0.05, 0.1) is 4.92 Å². The largest absolute Gasteiger partial charge is 0.296 e. The molecular formula is C12H12N4O3S2. The molecule has 1 aromatic carbocycles. The molecule has 2 aromatic rings. The maximum Gasteiger partial charge on any atom is 0.269 e. The summed E-state index contributed by atoms with van der Waals surface area (Å²) in [5.74, 6) is 0.582. The van der Waals surface area contributed by atoms with Crippen molar-refractivity contribution < 1.29 is 9.72 Å². The smallest absolute Gasteiger partial charge is 0.269 e. The van der Waals surface area contributed by atoms with Crippen LogP contribution in [0.5, 0.6) is 0 Å². The van der Waals surface area contributed by atoms with Crippen LogP contribution in [-0.2, 0) is 0 Å². The monoisotopic (exact) mass is 324 g/mol. The predicted molar refractivity (Wildman–Crippen MR) is 82.0 cm³/mol. The summed E-state index contributed by atoms with van der Waals surface area (Å²) in [5.41, 5.74) is 0.277. The van der Waals surface area contributed by atoms with E-state index in [-0.39, 0.29) is 11.6 Å². The number of nitrogens with one attached hydrogen (secondary N) is 1. The van der Waals surface area contributed by atoms with E-state index in [0.717, 1.165) is 16.5 Å². The SMILES string of the molecule is CCCSc1nnc(NC(=O)c2ccc([N+](=O)[O-])cc2)s1. The zero-order chi connectivity index (χ0) is 15.2. The van der Waals surface area contributed by atoms with Crippen LogP contribution in [0.4, 0.5) is 10.8 Å². The second-order valence-electron chi connectivity index (χ2n) is 3.98. The number of nitro groups is 1. The van der Waals surface area contributed by atoms with Crippen molar-refractivity contribution in [2.24, 2.45) is 0 Å². The van der Waals surface area contributed by atoms with E-state index in [0.29, 0.717) is 10.7 Å². The number of benzene rings is 1. The van der Waals surface area contributed by atoms with Crippen LogP contribution >= 0.6 is 23.1 Å². The van der Waals surface area contributed by atoms with Gasteiger partial charge < -0.3 is 0 Å². The molecule has 0 fully saturated rings. The summed E-state index contributed by atoms with van der Waals surface area (Å²) >= 11 is 2.89. The Morgan fingerprint density at radius 3 is 2.71 bits per heavy atom. The zero-order valence-electron chi connectivity index (χ0n) is 11.1. The molecule has 0 aliphatic rings. The molecule has 0 atom stereocenters. The van der Waals surface area contributed by atoms with Gasteiger partial charge in [0.2, 0.25) is 5.13 Å². The van der Waals surface area contributed by atoms with Crippen LogP contribution in [-0.4, -0.2) is 26.8 Å². The Labute approximate surface area is 128 Å². The van der Waals surface area contributed by atoms with Crippen molar-refractivity contribution >= 4 is 39.8 Å². The van der Waals surface area contributed by atoms with Crippen LogP contribution in [0.25, 0.3) is 0 Å². The summed E-state index contributed by atoms with van der Waals surface area (Å²) in [7, 11) is 0. The van der Waals surface area contributed by atoms with Crippen LogP contribution in [0.3, 0.4) is 0 Å². The fraction of sp³-hybridized carbons (Fsp3) is 0.250. The van der Waals surface area contributed by atoms with Crippen molar-refractivity contribution in [1.29, 1.82) is 0 Å². The maximum atomic E-state index is 12.0. The molecule has 1 heterocycles. The molecule has 110 valence electrons. The highest BCUT2D eigenvalue weighted by Crippen LogP contribution is 2.26. The molecule has 0 aliphatic heterocycles. The van der Waals surface area contributed by atoms with E-state index in [1.807, 2.05) is 0 Å². The first-order chi connectivity index (χ1) is 10.1. The van der Waals surface area contributed by atoms with Crippen LogP contribution < -0.4 is 5.32 Å². The number of amides is 1. The lowest BCUT2D eigenvalue weighted by Crippen LogP contribution is -2.11. The fourth-order valence-corrected chi connectivity index (χ4v) is 3.08. The van der Waals surface area contributed by atoms with Crippen molar-refractivity contribution in [3.63, 3.8) is 0 Å². The highest BCUT2D eigenvalue weighted by atomic mass is 32.2. The van der Waals surface area contributed by atoms with Gasteiger partial charge in [-0.2, -0.15) is 0 Å². The Morgan fingerprint density at radius 2 is 2.10 bits per heavy atom. The third-order valence-corrected chi connectivity index (χ3v) is 4.57. The number of non-ortho nitro benzene ring substituents is 1. The molecule has 0 saturated carbocycles. The molecule has 1 N–H and O–H groups in total. The van der Waals surface area contributed by atoms with Crippen LogP contribution in [0.15, 0.2) is 28.6 Å². The lowest BCUT2D eigenvalue weighted by molar-refractivity contribution is -0.384. The van der Waals surface area contributed by atoms with Gasteiger partial charge in [0.1, 0.15) is 0 Å². The average molecular weight is 324 g/mol. The normalized spacial score (nSPS) is 10.3. The molecule has 0 saturated heterocycles. The average Bonchev–Trinajstić information content (AvgIpc) is 2.92. The molecule has 1 aromatic heterocycles. The zero-order valence-corrected chi connectivity index (χ0v) is 12.7. The minimum absolute atomic E-state index is 0.0549. The van der Waals surface area contributed by atoms with Gasteiger partial charge in [-0.15, -0.1) is 10.2 Å². The molecular weight excluding hydrogens is 312 g/mol. The number of anilines is 1. The molecule has 1 amide bonds. The van der Waals surface area contributed by atoms with Gasteiger partial charge in [-0.05, 0) is 18.6 Å². The second kappa shape index (κ2) is 7.14. The van der Waals surface area contributed by atoms with Gasteiger partial charge in [0.15, 0.2) is 4.34 Å². The number of nitro benzene ring substituents is 1. The summed E-state index contributed by atoms with van der Waals surface area (Å²) < 4.78 is 0.802. The molecule has 0 radical (unpaired) electrons. The standard InChI is InChI=1S/C12H12N4O3S2/c1-2-7-20-12-15-14-11(21-12)13-10(17)8-3-5-9(6-4-8)16(18)19/h3-6H,2,7H2,1H3,(H,13,14,17). The quantitative estimate of drug-likeness (QED) is 0.379. The van der Waals surface area contributed by atoms with Crippen LogP contribution in [0, 0.1) is 10.1 Å². The van der Waals surface area contributed by atoms with Crippen LogP contribution in [0.2, 0.25) is 0 Å². The third kappa shape index (κ3) is 4.23. The summed E-state index contributed by atoms with van der Waals surface area (Å²) in [4.78, 5) is 22.0. The first-order valence-electron chi connectivity index (χ1n) is 6.12. The van der Waals surface area contributed by atoms with E-state index in [2.05, 4.69) is 22.4 Å². The number of aromatic nitrogens is 2. The third-order valence-electron chi connectivity index (χ3n) is 2.40. The van der Waals surface area contributed by atoms with E-state index < -0.39 is 4.92 Å². The first-order valence-corrected chi connectivity index (χ1v) is 7.92. The Hall–Kier alpha value is -2.00. The Morgan fingerprint density at radius 1 is 1.38 bits per heavy atom. The molecule has 0 spiro atoms. The molecule has 0 aliphatic carbocycles. The molecule has 21 heavy (non-hydrogen) atoms. The van der Waals surface area contributed by atoms with Gasteiger partial charge in [-0.1, -0.05) is 30.0 Å². The first kappa shape index (κ1) is 15.4. The Bertz CT molecular complexity index is 642. The van der Waals surface area contributed by atoms with Gasteiger partial charge in [0, 0.05) is 23.4 Å². The number of nitrogens with zero attached hydrogens (tertiary/aromatic N) is 3. The Kier molecular flexibility index (Phi) is 5.23. The molecule has 7 nitrogen and oxygen atoms in total. The summed E-state index contributed by atoms with van der Waals surface area (Å²) in [6.07, 6.45) is 1.04. The molecule has 0 bridgehead atoms. The lowest BCUT2D eigenvalue weighted by atomic mass is 10.2. The van der Waals surface area contributed by atoms with Crippen LogP contribution in [0.1, 0.15) is 23.7 Å². The minimum atomic E-state index is -0.510. The van der Waals surface area contributed by atoms with E-state index in [9.17, 15) is 14.9 Å². The van der Waals surface area contributed by atoms with Crippen molar-refractivity contribution in [1.82, 2.24) is 10.2 Å². The topological polar surface area (TPSA) is 98.0 Å². The van der Waals surface area contributed by atoms with Crippen molar-refractivity contribution in [3.05, 3.63) is 39.9 Å². The predicted octanol–water partition coefficient (Wildman–Crippen LogP) is 3.20. The summed E-state index contributed by atoms with van der Waals surface area (Å²) in [5, 5.41) is 21.4. The van der Waals surface area contributed by atoms with Crippen molar-refractivity contribution in [2.45, 2.75) is 17.7 Å². The molecule has 2 rings (SSSR count). The number of hydrogen-bond acceptors (Lipinski definition) is 7. The molecule has 9 heteroatoms. The minimum Gasteiger partial charge on any atom is -0.296 e. The number of rotatable bonds is 6. The number of hydrogen-bond donors (Lipinski definition) is 1. The van der Waals surface area contributed by atoms with E-state index in [1.165, 1.54) is 35.6 Å². The highest BCUT2D eigenvalue weighted by Gasteiger charge is 2.12. The number of carbonyl (C=O) groups excluding carboxylic acids is 1. The van der Waals surface area contributed by atoms with E-state index >= 15 is 0 Å². The Balaban J connectivity index is 2.00. The van der Waals surface area contributed by atoms with E-state index in [4.69, 9.17) is 0 Å². The van der Waals surface area contributed by atoms with Crippen molar-refractivity contribution in [2.75, 3.05) is 11.1 Å². The lowest BCUT2D eigenvalue weighted by Gasteiger charge is -2.00. The van der Waals surface area contributed by atoms with Crippen molar-refractivity contribution in [3.8, 4) is 0 Å². The highest BCUT2D eigenvalue weighted by molar-refractivity contribution is 8.01. The van der Waals surface area contributed by atoms with Gasteiger partial charge in [-0.25, -0.2) is 0 Å². The maximum absolute atomic E-state index is 12.0. The number of carbonyl (C=O) groups is 1. The van der Waals surface area contributed by atoms with Gasteiger partial charge >= 0.3 is 0 Å². The summed E-state index contributed by atoms with van der Waals surface area (Å²) in [6.45, 7) is 2.07. The number of thioether (sulfide) groups is 1. The fourth-order valence-electron chi connectivity index (χ4n) is 1.41. The molecule has 0 unspecified atom stereocenters. The second-order valence-corrected chi connectivity index (χ2v) is 6.30. The van der Waals surface area contributed by atoms with Gasteiger partial charge in [-0.3, -0.25) is 20.2 Å². The summed E-state index contributed by atoms with van der Waals surface area (Å²) in [6, 6.07) is 5.39. The van der Waals surface area contributed by atoms with E-state index in [1.54, 1.807) is 11.8 Å².